The predicted octanol–water partition coefficient (Wildman–Crippen LogP) is 3.11. The lowest BCUT2D eigenvalue weighted by Crippen LogP contribution is -2.35. The number of aromatic nitrogens is 2. The Labute approximate surface area is 118 Å². The number of nitrogens with zero attached hydrogens (tertiary/aromatic N) is 1. The van der Waals surface area contributed by atoms with Crippen LogP contribution in [-0.2, 0) is 6.54 Å². The van der Waals surface area contributed by atoms with Crippen LogP contribution < -0.4 is 10.1 Å². The largest absolute Gasteiger partial charge is 0.496 e. The third kappa shape index (κ3) is 3.17. The van der Waals surface area contributed by atoms with E-state index in [0.717, 1.165) is 5.56 Å². The first-order valence-corrected chi connectivity index (χ1v) is 6.52. The summed E-state index contributed by atoms with van der Waals surface area (Å²) in [6.07, 6.45) is 1.71. The van der Waals surface area contributed by atoms with E-state index in [-0.39, 0.29) is 11.4 Å². The van der Waals surface area contributed by atoms with Gasteiger partial charge in [0.2, 0.25) is 0 Å². The summed E-state index contributed by atoms with van der Waals surface area (Å²) in [4.78, 5) is 0. The van der Waals surface area contributed by atoms with E-state index in [2.05, 4.69) is 36.3 Å². The van der Waals surface area contributed by atoms with Gasteiger partial charge < -0.3 is 10.1 Å². The van der Waals surface area contributed by atoms with Crippen LogP contribution in [0.3, 0.4) is 0 Å². The van der Waals surface area contributed by atoms with Crippen molar-refractivity contribution in [2.75, 3.05) is 7.11 Å². The fourth-order valence-corrected chi connectivity index (χ4v) is 1.94. The zero-order valence-corrected chi connectivity index (χ0v) is 12.2. The fraction of sp³-hybridized carbons (Fsp3) is 0.400. The van der Waals surface area contributed by atoms with Gasteiger partial charge in [0.1, 0.15) is 11.6 Å². The Morgan fingerprint density at radius 3 is 2.75 bits per heavy atom. The number of nitrogens with one attached hydrogen (secondary N) is 2. The van der Waals surface area contributed by atoms with Crippen molar-refractivity contribution in [3.8, 4) is 17.0 Å². The molecule has 0 unspecified atom stereocenters. The molecule has 4 nitrogen and oxygen atoms in total. The van der Waals surface area contributed by atoms with E-state index in [1.54, 1.807) is 18.3 Å². The summed E-state index contributed by atoms with van der Waals surface area (Å²) in [5.41, 5.74) is 1.95. The van der Waals surface area contributed by atoms with Crippen molar-refractivity contribution < 1.29 is 9.13 Å². The van der Waals surface area contributed by atoms with Gasteiger partial charge in [-0.25, -0.2) is 4.39 Å². The van der Waals surface area contributed by atoms with Crippen molar-refractivity contribution in [2.45, 2.75) is 32.9 Å². The van der Waals surface area contributed by atoms with Gasteiger partial charge in [-0.3, -0.25) is 5.10 Å². The normalized spacial score (nSPS) is 11.7. The highest BCUT2D eigenvalue weighted by atomic mass is 19.1. The summed E-state index contributed by atoms with van der Waals surface area (Å²) in [7, 11) is 1.53. The molecule has 1 aromatic heterocycles. The van der Waals surface area contributed by atoms with Crippen LogP contribution in [0.15, 0.2) is 24.4 Å². The summed E-state index contributed by atoms with van der Waals surface area (Å²) < 4.78 is 19.3. The highest BCUT2D eigenvalue weighted by Crippen LogP contribution is 2.33. The minimum absolute atomic E-state index is 0.0200. The van der Waals surface area contributed by atoms with Gasteiger partial charge in [-0.2, -0.15) is 5.10 Å². The molecule has 2 aromatic rings. The lowest BCUT2D eigenvalue weighted by Gasteiger charge is -2.20. The third-order valence-corrected chi connectivity index (χ3v) is 2.97. The zero-order chi connectivity index (χ0) is 14.8. The van der Waals surface area contributed by atoms with E-state index in [0.29, 0.717) is 23.6 Å². The van der Waals surface area contributed by atoms with E-state index in [1.165, 1.54) is 13.2 Å². The lowest BCUT2D eigenvalue weighted by molar-refractivity contribution is 0.412. The molecule has 0 bridgehead atoms. The Morgan fingerprint density at radius 2 is 2.10 bits per heavy atom. The van der Waals surface area contributed by atoms with Crippen LogP contribution in [0.2, 0.25) is 0 Å². The summed E-state index contributed by atoms with van der Waals surface area (Å²) >= 11 is 0. The summed E-state index contributed by atoms with van der Waals surface area (Å²) in [6, 6.07) is 4.78. The molecule has 0 aliphatic carbocycles. The molecule has 1 aromatic carbocycles. The van der Waals surface area contributed by atoms with Gasteiger partial charge in [-0.15, -0.1) is 0 Å². The van der Waals surface area contributed by atoms with E-state index in [1.807, 2.05) is 0 Å². The number of H-pyrrole nitrogens is 1. The first kappa shape index (κ1) is 14.5. The van der Waals surface area contributed by atoms with Crippen molar-refractivity contribution in [2.24, 2.45) is 0 Å². The van der Waals surface area contributed by atoms with Gasteiger partial charge in [0.25, 0.3) is 0 Å². The Bertz CT molecular complexity index is 587. The van der Waals surface area contributed by atoms with Crippen LogP contribution >= 0.6 is 0 Å². The molecule has 0 spiro atoms. The minimum atomic E-state index is -0.328. The molecular weight excluding hydrogens is 257 g/mol. The maximum atomic E-state index is 14.1. The molecule has 0 saturated carbocycles. The monoisotopic (exact) mass is 277 g/mol. The Hall–Kier alpha value is -1.88. The molecule has 0 aliphatic heterocycles. The quantitative estimate of drug-likeness (QED) is 0.902. The van der Waals surface area contributed by atoms with E-state index in [4.69, 9.17) is 4.74 Å². The molecular formula is C15H20FN3O. The maximum Gasteiger partial charge on any atom is 0.136 e. The Balaban J connectivity index is 2.37. The predicted molar refractivity (Wildman–Crippen MR) is 77.1 cm³/mol. The average Bonchev–Trinajstić information content (AvgIpc) is 2.83. The van der Waals surface area contributed by atoms with Crippen molar-refractivity contribution in [1.82, 2.24) is 15.5 Å². The Morgan fingerprint density at radius 1 is 1.35 bits per heavy atom. The summed E-state index contributed by atoms with van der Waals surface area (Å²) in [6.45, 7) is 6.84. The number of rotatable bonds is 4. The number of ether oxygens (including phenoxy) is 1. The van der Waals surface area contributed by atoms with Crippen LogP contribution in [0.25, 0.3) is 11.3 Å². The van der Waals surface area contributed by atoms with Gasteiger partial charge in [0.15, 0.2) is 0 Å². The van der Waals surface area contributed by atoms with Gasteiger partial charge in [-0.05, 0) is 32.9 Å². The van der Waals surface area contributed by atoms with Crippen LogP contribution in [-0.4, -0.2) is 22.8 Å². The molecule has 0 atom stereocenters. The number of methoxy groups -OCH3 is 1. The summed E-state index contributed by atoms with van der Waals surface area (Å²) in [5.74, 6) is 0.164. The number of hydrogen-bond acceptors (Lipinski definition) is 3. The van der Waals surface area contributed by atoms with Crippen molar-refractivity contribution >= 4 is 0 Å². The topological polar surface area (TPSA) is 49.9 Å². The first-order chi connectivity index (χ1) is 9.42. The van der Waals surface area contributed by atoms with Crippen LogP contribution in [0.4, 0.5) is 4.39 Å². The second kappa shape index (κ2) is 5.63. The highest BCUT2D eigenvalue weighted by molar-refractivity contribution is 5.70. The molecule has 2 N–H and O–H groups in total. The lowest BCUT2D eigenvalue weighted by atomic mass is 10.0. The third-order valence-electron chi connectivity index (χ3n) is 2.97. The molecule has 20 heavy (non-hydrogen) atoms. The SMILES string of the molecule is COc1cccc(F)c1-c1[nH]ncc1CNC(C)(C)C. The number of aromatic amines is 1. The van der Waals surface area contributed by atoms with E-state index < -0.39 is 0 Å². The second-order valence-corrected chi connectivity index (χ2v) is 5.69. The fourth-order valence-electron chi connectivity index (χ4n) is 1.94. The molecule has 0 saturated heterocycles. The van der Waals surface area contributed by atoms with Crippen molar-refractivity contribution in [3.05, 3.63) is 35.8 Å². The van der Waals surface area contributed by atoms with Crippen LogP contribution in [0, 0.1) is 5.82 Å². The van der Waals surface area contributed by atoms with Gasteiger partial charge in [0, 0.05) is 17.6 Å². The molecule has 5 heteroatoms. The minimum Gasteiger partial charge on any atom is -0.496 e. The van der Waals surface area contributed by atoms with Gasteiger partial charge in [-0.1, -0.05) is 6.07 Å². The van der Waals surface area contributed by atoms with Crippen molar-refractivity contribution in [1.29, 1.82) is 0 Å². The Kier molecular flexibility index (Phi) is 4.09. The van der Waals surface area contributed by atoms with Crippen LogP contribution in [0.5, 0.6) is 5.75 Å². The standard InChI is InChI=1S/C15H20FN3O/c1-15(2,3)17-8-10-9-18-19-14(10)13-11(16)6-5-7-12(13)20-4/h5-7,9,17H,8H2,1-4H3,(H,18,19). The highest BCUT2D eigenvalue weighted by Gasteiger charge is 2.18. The number of hydrogen-bond donors (Lipinski definition) is 2. The molecule has 0 amide bonds. The maximum absolute atomic E-state index is 14.1. The van der Waals surface area contributed by atoms with Gasteiger partial charge >= 0.3 is 0 Å². The molecule has 0 aliphatic rings. The average molecular weight is 277 g/mol. The number of halogens is 1. The summed E-state index contributed by atoms with van der Waals surface area (Å²) in [5, 5.41) is 10.3. The smallest absolute Gasteiger partial charge is 0.136 e. The second-order valence-electron chi connectivity index (χ2n) is 5.69. The molecule has 1 heterocycles. The van der Waals surface area contributed by atoms with Crippen LogP contribution in [0.1, 0.15) is 26.3 Å². The zero-order valence-electron chi connectivity index (χ0n) is 12.2. The van der Waals surface area contributed by atoms with E-state index in [9.17, 15) is 4.39 Å². The first-order valence-electron chi connectivity index (χ1n) is 6.52. The molecule has 0 fully saturated rings. The van der Waals surface area contributed by atoms with E-state index >= 15 is 0 Å². The molecule has 0 radical (unpaired) electrons. The molecule has 108 valence electrons. The number of benzene rings is 1. The molecule has 2 rings (SSSR count). The van der Waals surface area contributed by atoms with Crippen molar-refractivity contribution in [3.63, 3.8) is 0 Å². The van der Waals surface area contributed by atoms with Gasteiger partial charge in [0.05, 0.1) is 24.6 Å².